The van der Waals surface area contributed by atoms with Crippen molar-refractivity contribution in [1.29, 1.82) is 0 Å². The summed E-state index contributed by atoms with van der Waals surface area (Å²) >= 11 is 0. The van der Waals surface area contributed by atoms with Crippen molar-refractivity contribution in [1.82, 2.24) is 0 Å². The summed E-state index contributed by atoms with van der Waals surface area (Å²) in [5, 5.41) is 0. The fourth-order valence-corrected chi connectivity index (χ4v) is 12.8. The Labute approximate surface area is 417 Å². The second kappa shape index (κ2) is 58.2. The van der Waals surface area contributed by atoms with Crippen LogP contribution in [0.15, 0.2) is 0 Å². The van der Waals surface area contributed by atoms with Gasteiger partial charge < -0.3 is 0 Å². The maximum atomic E-state index is 11.1. The first kappa shape index (κ1) is 68.7. The van der Waals surface area contributed by atoms with Crippen molar-refractivity contribution >= 4 is 15.9 Å². The van der Waals surface area contributed by atoms with Crippen LogP contribution in [-0.4, -0.2) is 48.5 Å². The molecule has 0 aromatic heterocycles. The van der Waals surface area contributed by atoms with E-state index in [9.17, 15) is 9.79 Å². The van der Waals surface area contributed by atoms with E-state index >= 15 is 0 Å². The van der Waals surface area contributed by atoms with Gasteiger partial charge in [-0.2, -0.15) is 0 Å². The van der Waals surface area contributed by atoms with E-state index in [2.05, 4.69) is 41.5 Å². The fraction of sp³-hybridized carbons (Fsp3) is 1.00. The summed E-state index contributed by atoms with van der Waals surface area (Å²) in [5.41, 5.74) is 0. The molecule has 6 nitrogen and oxygen atoms in total. The first-order valence-corrected chi connectivity index (χ1v) is 34.3. The van der Waals surface area contributed by atoms with Crippen LogP contribution in [-0.2, 0) is 18.1 Å². The summed E-state index contributed by atoms with van der Waals surface area (Å²) in [6.07, 6.45) is 60.7. The second-order valence-electron chi connectivity index (χ2n) is 20.5. The van der Waals surface area contributed by atoms with Crippen molar-refractivity contribution in [3.05, 3.63) is 0 Å². The molecule has 0 rings (SSSR count). The molecule has 0 aromatic carbocycles. The summed E-state index contributed by atoms with van der Waals surface area (Å²) in [6.45, 7) is 16.3. The maximum absolute atomic E-state index is 11.1. The third kappa shape index (κ3) is 55.5. The Bertz CT molecular complexity index is 762. The van der Waals surface area contributed by atoms with Crippen molar-refractivity contribution in [2.45, 2.75) is 337 Å². The Morgan fingerprint density at radius 2 is 0.333 bits per heavy atom. The molecule has 2 N–H and O–H groups in total. The molecule has 0 amide bonds. The van der Waals surface area contributed by atoms with E-state index in [0.717, 1.165) is 50.8 Å². The van der Waals surface area contributed by atoms with Crippen LogP contribution in [0.5, 0.6) is 0 Å². The summed E-state index contributed by atoms with van der Waals surface area (Å²) in [4.78, 5) is 22.3. The van der Waals surface area contributed by atoms with Gasteiger partial charge >= 0.3 is 406 Å². The van der Waals surface area contributed by atoms with Gasteiger partial charge in [0.1, 0.15) is 0 Å². The minimum atomic E-state index is -2.99. The monoisotopic (exact) mass is 981 g/mol. The molecule has 0 heterocycles. The van der Waals surface area contributed by atoms with Crippen molar-refractivity contribution in [3.63, 3.8) is 0 Å². The molecule has 8 heteroatoms. The quantitative estimate of drug-likeness (QED) is 0.0467. The first-order valence-electron chi connectivity index (χ1n) is 30.4. The predicted octanol–water partition coefficient (Wildman–Crippen LogP) is 21.1. The number of unbranched alkanes of at least 4 members (excludes halogenated alkanes) is 40. The van der Waals surface area contributed by atoms with Gasteiger partial charge in [0.15, 0.2) is 0 Å². The van der Waals surface area contributed by atoms with E-state index in [4.69, 9.17) is 18.1 Å². The molecule has 0 aliphatic rings. The van der Waals surface area contributed by atoms with Crippen LogP contribution in [0.2, 0.25) is 0 Å². The molecular weight excluding hydrogens is 855 g/mol. The van der Waals surface area contributed by atoms with Crippen molar-refractivity contribution in [3.8, 4) is 0 Å². The van der Waals surface area contributed by atoms with Gasteiger partial charge in [0.25, 0.3) is 0 Å². The van der Waals surface area contributed by atoms with Gasteiger partial charge in [-0.1, -0.05) is 13.8 Å². The Morgan fingerprint density at radius 3 is 0.500 bits per heavy atom. The van der Waals surface area contributed by atoms with E-state index in [1.807, 2.05) is 0 Å². The zero-order valence-electron chi connectivity index (χ0n) is 46.3. The van der Waals surface area contributed by atoms with Crippen LogP contribution in [0, 0.1) is 0 Å². The molecule has 0 atom stereocenters. The van der Waals surface area contributed by atoms with E-state index in [1.54, 1.807) is 0 Å². The molecule has 0 aromatic rings. The Balaban J connectivity index is 0. The molecule has 0 radical (unpaired) electrons. The van der Waals surface area contributed by atoms with Crippen LogP contribution in [0.25, 0.3) is 0 Å². The van der Waals surface area contributed by atoms with Crippen LogP contribution in [0.3, 0.4) is 0 Å². The van der Waals surface area contributed by atoms with E-state index in [-0.39, 0.29) is 0 Å². The zero-order chi connectivity index (χ0) is 48.6. The van der Waals surface area contributed by atoms with E-state index in [1.165, 1.54) is 257 Å². The molecule has 0 fully saturated rings. The molecule has 66 heavy (non-hydrogen) atoms. The summed E-state index contributed by atoms with van der Waals surface area (Å²) in [7, 11) is -5.99. The number of hydrogen-bond acceptors (Lipinski definition) is 6. The zero-order valence-corrected chi connectivity index (χ0v) is 48.3. The fourth-order valence-electron chi connectivity index (χ4n) is 8.85. The van der Waals surface area contributed by atoms with Gasteiger partial charge in [-0.05, 0) is 0 Å². The molecular formula is C58H126O6P2. The minimum absolute atomic E-state index is 0.670. The molecule has 0 saturated heterocycles. The average Bonchev–Trinajstić information content (AvgIpc) is 3.31. The summed E-state index contributed by atoms with van der Waals surface area (Å²) in [6, 6.07) is 0. The van der Waals surface area contributed by atoms with Gasteiger partial charge in [0, 0.05) is 0 Å². The molecule has 0 unspecified atom stereocenters. The van der Waals surface area contributed by atoms with Crippen molar-refractivity contribution in [2.75, 3.05) is 38.8 Å². The Kier molecular flexibility index (Phi) is 60.6. The Hall–Kier alpha value is 0.620. The van der Waals surface area contributed by atoms with Crippen LogP contribution < -0.4 is 0 Å². The summed E-state index contributed by atoms with van der Waals surface area (Å²) < 4.78 is 24.2. The first-order chi connectivity index (χ1) is 32.4. The third-order valence-electron chi connectivity index (χ3n) is 13.5. The van der Waals surface area contributed by atoms with Gasteiger partial charge in [-0.15, -0.1) is 0 Å². The predicted molar refractivity (Wildman–Crippen MR) is 301 cm³/mol. The van der Waals surface area contributed by atoms with Crippen LogP contribution in [0.1, 0.15) is 337 Å². The van der Waals surface area contributed by atoms with Gasteiger partial charge in [0.2, 0.25) is 0 Å². The molecule has 0 bridgehead atoms. The topological polar surface area (TPSA) is 77.4 Å². The third-order valence-corrected chi connectivity index (χ3v) is 18.1. The molecule has 404 valence electrons. The van der Waals surface area contributed by atoms with E-state index in [0.29, 0.717) is 26.4 Å². The standard InChI is InChI=1S/2C29H63O3P/c2*1-4-7-10-13-16-17-18-19-20-23-26-29-33(30,31-27-24-21-14-11-8-5-2)32-28-25-22-15-12-9-6-3/h2*30,33H,4-29H2,1-3H3. The molecule has 0 spiro atoms. The molecule has 0 aliphatic heterocycles. The van der Waals surface area contributed by atoms with Gasteiger partial charge in [-0.3, -0.25) is 0 Å². The van der Waals surface area contributed by atoms with Crippen LogP contribution in [0.4, 0.5) is 0 Å². The molecule has 0 aliphatic carbocycles. The summed E-state index contributed by atoms with van der Waals surface area (Å²) in [5.74, 6) is 0. The van der Waals surface area contributed by atoms with Gasteiger partial charge in [-0.25, -0.2) is 0 Å². The molecule has 0 saturated carbocycles. The second-order valence-corrected chi connectivity index (χ2v) is 25.5. The van der Waals surface area contributed by atoms with Crippen LogP contribution >= 0.6 is 15.9 Å². The SMILES string of the molecule is CCCCCCCCCCCCC[PH](O)(OCCCCCCCC)OCCCCCCCC.CCCCCCCCCCCCC[PH](O)(OCCCCCCCC)OCCCCCCCC. The number of rotatable bonds is 56. The van der Waals surface area contributed by atoms with E-state index < -0.39 is 15.9 Å². The van der Waals surface area contributed by atoms with Crippen molar-refractivity contribution in [2.24, 2.45) is 0 Å². The Morgan fingerprint density at radius 1 is 0.197 bits per heavy atom. The van der Waals surface area contributed by atoms with Gasteiger partial charge in [0.05, 0.1) is 0 Å². The average molecular weight is 982 g/mol. The normalized spacial score (nSPS) is 12.5. The van der Waals surface area contributed by atoms with Crippen molar-refractivity contribution < 1.29 is 27.9 Å². The number of hydrogen-bond donors (Lipinski definition) is 2.